The van der Waals surface area contributed by atoms with Gasteiger partial charge in [0, 0.05) is 24.2 Å². The molecule has 4 nitrogen and oxygen atoms in total. The van der Waals surface area contributed by atoms with E-state index in [0.717, 1.165) is 25.8 Å². The van der Waals surface area contributed by atoms with E-state index < -0.39 is 0 Å². The van der Waals surface area contributed by atoms with Gasteiger partial charge in [-0.1, -0.05) is 18.2 Å². The number of aryl methyl sites for hydroxylation is 1. The van der Waals surface area contributed by atoms with Gasteiger partial charge in [-0.05, 0) is 44.7 Å². The molecule has 0 N–H and O–H groups in total. The van der Waals surface area contributed by atoms with E-state index in [4.69, 9.17) is 4.84 Å². The number of nitrogens with zero attached hydrogens (tertiary/aromatic N) is 2. The molecule has 1 atom stereocenters. The molecule has 2 heterocycles. The van der Waals surface area contributed by atoms with Gasteiger partial charge in [-0.3, -0.25) is 9.63 Å². The van der Waals surface area contributed by atoms with Crippen LogP contribution in [0.15, 0.2) is 30.3 Å². The molecule has 1 aliphatic rings. The van der Waals surface area contributed by atoms with Crippen molar-refractivity contribution in [2.75, 3.05) is 0 Å². The highest BCUT2D eigenvalue weighted by molar-refractivity contribution is 5.81. The van der Waals surface area contributed by atoms with E-state index in [9.17, 15) is 4.79 Å². The molecule has 0 fully saturated rings. The van der Waals surface area contributed by atoms with Gasteiger partial charge in [0.1, 0.15) is 0 Å². The highest BCUT2D eigenvalue weighted by atomic mass is 16.7. The lowest BCUT2D eigenvalue weighted by Crippen LogP contribution is -2.43. The van der Waals surface area contributed by atoms with Crippen LogP contribution in [-0.4, -0.2) is 27.7 Å². The summed E-state index contributed by atoms with van der Waals surface area (Å²) in [5.41, 5.74) is 2.20. The van der Waals surface area contributed by atoms with Crippen molar-refractivity contribution in [3.05, 3.63) is 36.0 Å². The molecule has 0 radical (unpaired) electrons. The second-order valence-corrected chi connectivity index (χ2v) is 6.66. The van der Waals surface area contributed by atoms with Crippen LogP contribution >= 0.6 is 0 Å². The number of hydrogen-bond donors (Lipinski definition) is 0. The first-order chi connectivity index (χ1) is 9.98. The first-order valence-electron chi connectivity index (χ1n) is 7.48. The number of aromatic nitrogens is 1. The number of carbonyl (C=O) groups excluding carboxylic acids is 1. The SMILES string of the molecule is CC(C)(C)ON(C=O)C1CCn2c(cc3ccccc32)C1. The van der Waals surface area contributed by atoms with Crippen molar-refractivity contribution in [1.29, 1.82) is 0 Å². The molecule has 0 spiro atoms. The van der Waals surface area contributed by atoms with Gasteiger partial charge in [-0.25, -0.2) is 5.06 Å². The van der Waals surface area contributed by atoms with Gasteiger partial charge in [0.05, 0.1) is 11.6 Å². The summed E-state index contributed by atoms with van der Waals surface area (Å²) >= 11 is 0. The van der Waals surface area contributed by atoms with Gasteiger partial charge in [0.2, 0.25) is 6.41 Å². The van der Waals surface area contributed by atoms with Crippen LogP contribution in [0.1, 0.15) is 32.9 Å². The maximum Gasteiger partial charge on any atom is 0.233 e. The minimum absolute atomic E-state index is 0.110. The Labute approximate surface area is 125 Å². The molecule has 0 saturated heterocycles. The molecule has 1 amide bonds. The number of amides is 1. The van der Waals surface area contributed by atoms with E-state index in [1.807, 2.05) is 20.8 Å². The number of rotatable bonds is 3. The zero-order chi connectivity index (χ0) is 15.0. The summed E-state index contributed by atoms with van der Waals surface area (Å²) < 4.78 is 2.35. The van der Waals surface area contributed by atoms with E-state index in [1.165, 1.54) is 21.7 Å². The summed E-state index contributed by atoms with van der Waals surface area (Å²) in [5, 5.41) is 2.77. The Hall–Kier alpha value is -1.81. The Balaban J connectivity index is 1.85. The minimum atomic E-state index is -0.356. The highest BCUT2D eigenvalue weighted by Gasteiger charge is 2.28. The molecule has 0 aliphatic carbocycles. The van der Waals surface area contributed by atoms with Crippen molar-refractivity contribution in [2.24, 2.45) is 0 Å². The van der Waals surface area contributed by atoms with Gasteiger partial charge in [0.25, 0.3) is 0 Å². The molecule has 1 unspecified atom stereocenters. The average Bonchev–Trinajstić information content (AvgIpc) is 2.81. The molecule has 21 heavy (non-hydrogen) atoms. The van der Waals surface area contributed by atoms with Crippen LogP contribution in [0.4, 0.5) is 0 Å². The molecule has 4 heteroatoms. The maximum atomic E-state index is 11.4. The van der Waals surface area contributed by atoms with E-state index in [-0.39, 0.29) is 11.6 Å². The molecular formula is C17H22N2O2. The summed E-state index contributed by atoms with van der Waals surface area (Å²) in [7, 11) is 0. The Bertz CT molecular complexity index is 654. The van der Waals surface area contributed by atoms with Gasteiger partial charge in [-0.2, -0.15) is 0 Å². The van der Waals surface area contributed by atoms with Crippen LogP contribution < -0.4 is 0 Å². The van der Waals surface area contributed by atoms with Gasteiger partial charge in [-0.15, -0.1) is 0 Å². The minimum Gasteiger partial charge on any atom is -0.344 e. The first-order valence-corrected chi connectivity index (χ1v) is 7.48. The number of hydrogen-bond acceptors (Lipinski definition) is 2. The largest absolute Gasteiger partial charge is 0.344 e. The number of fused-ring (bicyclic) bond motifs is 3. The number of hydroxylamine groups is 2. The third-order valence-electron chi connectivity index (χ3n) is 3.87. The molecule has 0 bridgehead atoms. The molecule has 0 saturated carbocycles. The molecule has 2 aromatic rings. The van der Waals surface area contributed by atoms with Crippen LogP contribution in [0.25, 0.3) is 10.9 Å². The second-order valence-electron chi connectivity index (χ2n) is 6.66. The molecule has 1 aromatic heterocycles. The summed E-state index contributed by atoms with van der Waals surface area (Å²) in [5.74, 6) is 0. The van der Waals surface area contributed by atoms with Gasteiger partial charge < -0.3 is 4.57 Å². The van der Waals surface area contributed by atoms with Crippen molar-refractivity contribution >= 4 is 17.3 Å². The van der Waals surface area contributed by atoms with Gasteiger partial charge >= 0.3 is 0 Å². The zero-order valence-corrected chi connectivity index (χ0v) is 12.9. The molecule has 3 rings (SSSR count). The molecular weight excluding hydrogens is 264 g/mol. The van der Waals surface area contributed by atoms with Crippen molar-refractivity contribution in [2.45, 2.75) is 51.8 Å². The van der Waals surface area contributed by atoms with E-state index in [2.05, 4.69) is 34.9 Å². The Morgan fingerprint density at radius 3 is 2.81 bits per heavy atom. The monoisotopic (exact) mass is 286 g/mol. The standard InChI is InChI=1S/C17H22N2O2/c1-17(2,3)21-19(12-20)14-8-9-18-15(11-14)10-13-6-4-5-7-16(13)18/h4-7,10,12,14H,8-9,11H2,1-3H3. The van der Waals surface area contributed by atoms with E-state index >= 15 is 0 Å². The Kier molecular flexibility index (Phi) is 3.49. The van der Waals surface area contributed by atoms with Crippen LogP contribution in [0, 0.1) is 0 Å². The second kappa shape index (κ2) is 5.19. The van der Waals surface area contributed by atoms with Gasteiger partial charge in [0.15, 0.2) is 0 Å². The fourth-order valence-electron chi connectivity index (χ4n) is 3.04. The maximum absolute atomic E-state index is 11.4. The lowest BCUT2D eigenvalue weighted by atomic mass is 10.0. The summed E-state index contributed by atoms with van der Waals surface area (Å²) in [6.07, 6.45) is 2.57. The van der Waals surface area contributed by atoms with Crippen molar-refractivity contribution < 1.29 is 9.63 Å². The predicted octanol–water partition coefficient (Wildman–Crippen LogP) is 3.14. The summed E-state index contributed by atoms with van der Waals surface area (Å²) in [6, 6.07) is 10.8. The Morgan fingerprint density at radius 1 is 1.33 bits per heavy atom. The quantitative estimate of drug-likeness (QED) is 0.641. The smallest absolute Gasteiger partial charge is 0.233 e. The van der Waals surface area contributed by atoms with Crippen LogP contribution in [0.2, 0.25) is 0 Å². The topological polar surface area (TPSA) is 34.5 Å². The normalized spacial score (nSPS) is 18.5. The fraction of sp³-hybridized carbons (Fsp3) is 0.471. The zero-order valence-electron chi connectivity index (χ0n) is 12.9. The predicted molar refractivity (Wildman–Crippen MR) is 82.8 cm³/mol. The molecule has 112 valence electrons. The number of carbonyl (C=O) groups is 1. The van der Waals surface area contributed by atoms with E-state index in [1.54, 1.807) is 0 Å². The van der Waals surface area contributed by atoms with Crippen molar-refractivity contribution in [3.8, 4) is 0 Å². The molecule has 1 aliphatic heterocycles. The van der Waals surface area contributed by atoms with Crippen LogP contribution in [0.3, 0.4) is 0 Å². The van der Waals surface area contributed by atoms with Crippen molar-refractivity contribution in [1.82, 2.24) is 9.63 Å². The summed E-state index contributed by atoms with van der Waals surface area (Å²) in [4.78, 5) is 17.1. The summed E-state index contributed by atoms with van der Waals surface area (Å²) in [6.45, 7) is 6.81. The Morgan fingerprint density at radius 2 is 2.10 bits per heavy atom. The van der Waals surface area contributed by atoms with E-state index in [0.29, 0.717) is 0 Å². The lowest BCUT2D eigenvalue weighted by molar-refractivity contribution is -0.234. The average molecular weight is 286 g/mol. The van der Waals surface area contributed by atoms with Crippen LogP contribution in [0.5, 0.6) is 0 Å². The first kappa shape index (κ1) is 14.1. The third kappa shape index (κ3) is 2.81. The fourth-order valence-corrected chi connectivity index (χ4v) is 3.04. The number of benzene rings is 1. The third-order valence-corrected chi connectivity index (χ3v) is 3.87. The highest BCUT2D eigenvalue weighted by Crippen LogP contribution is 2.28. The lowest BCUT2D eigenvalue weighted by Gasteiger charge is -2.35. The number of para-hydroxylation sites is 1. The molecule has 1 aromatic carbocycles. The van der Waals surface area contributed by atoms with Crippen molar-refractivity contribution in [3.63, 3.8) is 0 Å². The van der Waals surface area contributed by atoms with Crippen LogP contribution in [-0.2, 0) is 22.6 Å².